The number of rotatable bonds is 13. The summed E-state index contributed by atoms with van der Waals surface area (Å²) in [5.41, 5.74) is -0.703. The number of aliphatic hydroxyl groups excluding tert-OH is 2. The molecule has 0 unspecified atom stereocenters. The molecular weight excluding hydrogens is 708 g/mol. The van der Waals surface area contributed by atoms with Crippen LogP contribution in [0.3, 0.4) is 0 Å². The summed E-state index contributed by atoms with van der Waals surface area (Å²) in [5.74, 6) is 0.464. The molecule has 0 radical (unpaired) electrons. The van der Waals surface area contributed by atoms with Gasteiger partial charge in [-0.3, -0.25) is 0 Å². The van der Waals surface area contributed by atoms with Crippen molar-refractivity contribution in [3.05, 3.63) is 46.9 Å². The van der Waals surface area contributed by atoms with E-state index in [1.165, 1.54) is 34.6 Å². The van der Waals surface area contributed by atoms with Crippen LogP contribution in [0.4, 0.5) is 4.79 Å². The maximum absolute atomic E-state index is 13.5. The van der Waals surface area contributed by atoms with Crippen molar-refractivity contribution in [3.63, 3.8) is 0 Å². The van der Waals surface area contributed by atoms with Crippen LogP contribution >= 0.6 is 15.9 Å². The predicted octanol–water partition coefficient (Wildman–Crippen LogP) is 2.88. The average Bonchev–Trinajstić information content (AvgIpc) is 3.75. The van der Waals surface area contributed by atoms with Crippen LogP contribution in [0.2, 0.25) is 0 Å². The monoisotopic (exact) mass is 746 g/mol. The van der Waals surface area contributed by atoms with Gasteiger partial charge in [0, 0.05) is 17.6 Å². The molecule has 1 spiro atoms. The highest BCUT2D eigenvalue weighted by atomic mass is 79.9. The Hall–Kier alpha value is -2.47. The van der Waals surface area contributed by atoms with Gasteiger partial charge in [-0.25, -0.2) is 21.6 Å². The molecule has 254 valence electrons. The zero-order chi connectivity index (χ0) is 33.3. The standard InChI is InChI=1S/C30H39BrN2O11S2/c1-2-42-26-7-6-21(31)14-27(26)46(40,41)32-12-10-29(11-13-32)16-22(18-44-29)33(28(36)37)17-23(35)19-43-24-4-3-5-25(15-24)45(38,39)30(20-34)8-9-30/h3-7,14-15,22-23,34-35H,2,8-13,16-20H2,1H3,(H,36,37)/t22-,23+/m1/s1. The summed E-state index contributed by atoms with van der Waals surface area (Å²) >= 11 is 3.34. The molecule has 2 aromatic carbocycles. The van der Waals surface area contributed by atoms with E-state index in [-0.39, 0.29) is 54.1 Å². The largest absolute Gasteiger partial charge is 0.492 e. The number of sulfonamides is 1. The van der Waals surface area contributed by atoms with E-state index >= 15 is 0 Å². The molecule has 46 heavy (non-hydrogen) atoms. The van der Waals surface area contributed by atoms with Crippen molar-refractivity contribution < 1.29 is 51.2 Å². The summed E-state index contributed by atoms with van der Waals surface area (Å²) in [6.07, 6.45) is -0.621. The number of ether oxygens (including phenoxy) is 3. The fraction of sp³-hybridized carbons (Fsp3) is 0.567. The fourth-order valence-electron chi connectivity index (χ4n) is 6.09. The Kier molecular flexibility index (Phi) is 10.3. The average molecular weight is 748 g/mol. The van der Waals surface area contributed by atoms with Crippen molar-refractivity contribution in [1.82, 2.24) is 9.21 Å². The Morgan fingerprint density at radius 2 is 1.83 bits per heavy atom. The number of amides is 1. The Labute approximate surface area is 277 Å². The third-order valence-corrected chi connectivity index (χ3v) is 13.9. The number of hydrogen-bond acceptors (Lipinski definition) is 10. The van der Waals surface area contributed by atoms with E-state index in [0.717, 1.165) is 4.90 Å². The van der Waals surface area contributed by atoms with Crippen molar-refractivity contribution in [2.24, 2.45) is 0 Å². The SMILES string of the molecule is CCOc1ccc(Br)cc1S(=O)(=O)N1CCC2(CC1)C[C@@H](N(C[C@H](O)COc1cccc(S(=O)(=O)C3(CO)CC3)c1)C(=O)O)CO2. The molecule has 13 nitrogen and oxygen atoms in total. The number of aliphatic hydroxyl groups is 2. The van der Waals surface area contributed by atoms with E-state index in [1.54, 1.807) is 19.1 Å². The number of sulfone groups is 1. The van der Waals surface area contributed by atoms with E-state index in [9.17, 15) is 36.9 Å². The lowest BCUT2D eigenvalue weighted by Crippen LogP contribution is -2.48. The third kappa shape index (κ3) is 7.03. The van der Waals surface area contributed by atoms with E-state index in [1.807, 2.05) is 0 Å². The van der Waals surface area contributed by atoms with Gasteiger partial charge in [0.25, 0.3) is 0 Å². The highest BCUT2D eigenvalue weighted by Crippen LogP contribution is 2.46. The van der Waals surface area contributed by atoms with Crippen molar-refractivity contribution >= 4 is 41.9 Å². The van der Waals surface area contributed by atoms with Gasteiger partial charge in [0.15, 0.2) is 9.84 Å². The first-order chi connectivity index (χ1) is 21.8. The second-order valence-corrected chi connectivity index (χ2v) is 17.2. The molecule has 2 aromatic rings. The van der Waals surface area contributed by atoms with Crippen LogP contribution in [0.1, 0.15) is 39.0 Å². The summed E-state index contributed by atoms with van der Waals surface area (Å²) in [6, 6.07) is 10.1. The number of carboxylic acid groups (broad SMARTS) is 1. The number of hydrogen-bond donors (Lipinski definition) is 3. The minimum atomic E-state index is -3.86. The van der Waals surface area contributed by atoms with Gasteiger partial charge < -0.3 is 34.4 Å². The van der Waals surface area contributed by atoms with Crippen molar-refractivity contribution in [2.75, 3.05) is 46.1 Å². The lowest BCUT2D eigenvalue weighted by atomic mass is 9.88. The lowest BCUT2D eigenvalue weighted by Gasteiger charge is -2.38. The third-order valence-electron chi connectivity index (χ3n) is 8.96. The highest BCUT2D eigenvalue weighted by molar-refractivity contribution is 9.10. The second-order valence-electron chi connectivity index (χ2n) is 12.0. The number of piperidine rings is 1. The molecule has 2 heterocycles. The summed E-state index contributed by atoms with van der Waals surface area (Å²) in [6.45, 7) is 1.54. The van der Waals surface area contributed by atoms with E-state index in [0.29, 0.717) is 43.2 Å². The molecule has 1 aliphatic carbocycles. The van der Waals surface area contributed by atoms with Gasteiger partial charge in [-0.15, -0.1) is 0 Å². The Bertz CT molecular complexity index is 1640. The molecule has 16 heteroatoms. The Balaban J connectivity index is 1.17. The Morgan fingerprint density at radius 3 is 2.46 bits per heavy atom. The van der Waals surface area contributed by atoms with Crippen LogP contribution in [-0.2, 0) is 24.6 Å². The molecule has 5 rings (SSSR count). The zero-order valence-corrected chi connectivity index (χ0v) is 28.6. The summed E-state index contributed by atoms with van der Waals surface area (Å²) in [4.78, 5) is 13.4. The molecule has 0 aromatic heterocycles. The highest BCUT2D eigenvalue weighted by Gasteiger charge is 2.54. The summed E-state index contributed by atoms with van der Waals surface area (Å²) in [7, 11) is -7.62. The molecule has 1 saturated carbocycles. The number of halogens is 1. The molecule has 0 bridgehead atoms. The molecular formula is C30H39BrN2O11S2. The van der Waals surface area contributed by atoms with Gasteiger partial charge in [-0.05, 0) is 75.4 Å². The molecule has 2 aliphatic heterocycles. The van der Waals surface area contributed by atoms with Crippen LogP contribution in [0.5, 0.6) is 11.5 Å². The Morgan fingerprint density at radius 1 is 1.11 bits per heavy atom. The lowest BCUT2D eigenvalue weighted by molar-refractivity contribution is -0.0319. The fourth-order valence-corrected chi connectivity index (χ4v) is 10.0. The zero-order valence-electron chi connectivity index (χ0n) is 25.4. The number of benzene rings is 2. The topological polar surface area (TPSA) is 180 Å². The van der Waals surface area contributed by atoms with E-state index in [2.05, 4.69) is 15.9 Å². The first-order valence-electron chi connectivity index (χ1n) is 15.1. The van der Waals surface area contributed by atoms with Gasteiger partial charge >= 0.3 is 6.09 Å². The van der Waals surface area contributed by atoms with Crippen LogP contribution in [0, 0.1) is 0 Å². The van der Waals surface area contributed by atoms with E-state index < -0.39 is 55.1 Å². The molecule has 2 saturated heterocycles. The van der Waals surface area contributed by atoms with Crippen molar-refractivity contribution in [1.29, 1.82) is 0 Å². The summed E-state index contributed by atoms with van der Waals surface area (Å²) < 4.78 is 71.1. The van der Waals surface area contributed by atoms with Crippen LogP contribution in [0.25, 0.3) is 0 Å². The maximum atomic E-state index is 13.5. The number of carbonyl (C=O) groups is 1. The van der Waals surface area contributed by atoms with Crippen LogP contribution < -0.4 is 9.47 Å². The summed E-state index contributed by atoms with van der Waals surface area (Å²) in [5, 5.41) is 30.3. The van der Waals surface area contributed by atoms with Gasteiger partial charge in [-0.1, -0.05) is 22.0 Å². The van der Waals surface area contributed by atoms with Gasteiger partial charge in [-0.2, -0.15) is 4.31 Å². The molecule has 3 fully saturated rings. The maximum Gasteiger partial charge on any atom is 0.407 e. The van der Waals surface area contributed by atoms with Crippen molar-refractivity contribution in [2.45, 2.75) is 71.3 Å². The quantitative estimate of drug-likeness (QED) is 0.274. The smallest absolute Gasteiger partial charge is 0.407 e. The molecule has 2 atom stereocenters. The minimum Gasteiger partial charge on any atom is -0.492 e. The molecule has 3 aliphatic rings. The first kappa shape index (κ1) is 34.9. The normalized spacial score (nSPS) is 21.5. The van der Waals surface area contributed by atoms with E-state index in [4.69, 9.17) is 14.2 Å². The predicted molar refractivity (Wildman–Crippen MR) is 169 cm³/mol. The van der Waals surface area contributed by atoms with Gasteiger partial charge in [0.2, 0.25) is 10.0 Å². The minimum absolute atomic E-state index is 0.0109. The van der Waals surface area contributed by atoms with Gasteiger partial charge in [0.05, 0.1) is 47.7 Å². The van der Waals surface area contributed by atoms with Crippen LogP contribution in [0.15, 0.2) is 56.7 Å². The molecule has 3 N–H and O–H groups in total. The molecule has 1 amide bonds. The van der Waals surface area contributed by atoms with Crippen molar-refractivity contribution in [3.8, 4) is 11.5 Å². The van der Waals surface area contributed by atoms with Gasteiger partial charge in [0.1, 0.15) is 29.1 Å². The first-order valence-corrected chi connectivity index (χ1v) is 18.8. The van der Waals surface area contributed by atoms with Crippen LogP contribution in [-0.4, -0.2) is 116 Å². The number of nitrogens with zero attached hydrogens (tertiary/aromatic N) is 2. The second kappa shape index (κ2) is 13.6.